The molecule has 3 atom stereocenters. The van der Waals surface area contributed by atoms with Crippen molar-refractivity contribution in [3.63, 3.8) is 0 Å². The third kappa shape index (κ3) is 76.2. The summed E-state index contributed by atoms with van der Waals surface area (Å²) in [5.41, 5.74) is 0. The number of rotatable bonds is 78. The lowest BCUT2D eigenvalue weighted by Crippen LogP contribution is -2.46. The molecular formula is C82H163N2O6P. The summed E-state index contributed by atoms with van der Waals surface area (Å²) in [4.78, 5) is 25.8. The van der Waals surface area contributed by atoms with Crippen molar-refractivity contribution in [2.45, 2.75) is 456 Å². The molecule has 0 aromatic carbocycles. The Kier molecular flexibility index (Phi) is 72.4. The molecule has 0 aliphatic rings. The fourth-order valence-corrected chi connectivity index (χ4v) is 13.8. The van der Waals surface area contributed by atoms with E-state index in [2.05, 4.69) is 43.5 Å². The number of likely N-dealkylation sites (N-methyl/N-ethyl adjacent to an activating group) is 1. The number of nitrogens with zero attached hydrogens (tertiary/aromatic N) is 1. The van der Waals surface area contributed by atoms with Gasteiger partial charge in [-0.2, -0.15) is 0 Å². The Morgan fingerprint density at radius 2 is 0.637 bits per heavy atom. The zero-order valence-corrected chi connectivity index (χ0v) is 63.2. The van der Waals surface area contributed by atoms with Crippen LogP contribution in [0.1, 0.15) is 444 Å². The summed E-state index contributed by atoms with van der Waals surface area (Å²) in [5, 5.41) is 14.2. The molecule has 91 heavy (non-hydrogen) atoms. The Hall–Kier alpha value is -1.02. The molecule has 0 spiro atoms. The van der Waals surface area contributed by atoms with Gasteiger partial charge < -0.3 is 28.8 Å². The monoisotopic (exact) mass is 1300 g/mol. The number of unbranched alkanes of at least 4 members (excludes halogenated alkanes) is 61. The van der Waals surface area contributed by atoms with Crippen molar-refractivity contribution in [2.24, 2.45) is 0 Å². The van der Waals surface area contributed by atoms with Gasteiger partial charge in [0, 0.05) is 6.42 Å². The molecule has 0 aliphatic heterocycles. The topological polar surface area (TPSA) is 108 Å². The molecule has 1 amide bonds. The minimum atomic E-state index is -4.58. The van der Waals surface area contributed by atoms with Gasteiger partial charge in [-0.3, -0.25) is 9.36 Å². The van der Waals surface area contributed by atoms with E-state index in [1.54, 1.807) is 0 Å². The van der Waals surface area contributed by atoms with Crippen LogP contribution in [0.25, 0.3) is 0 Å². The molecule has 0 aromatic rings. The van der Waals surface area contributed by atoms with Crippen LogP contribution in [0, 0.1) is 0 Å². The summed E-state index contributed by atoms with van der Waals surface area (Å²) in [6, 6.07) is -0.800. The van der Waals surface area contributed by atoms with Gasteiger partial charge in [-0.05, 0) is 44.9 Å². The number of hydrogen-bond donors (Lipinski definition) is 2. The maximum atomic E-state index is 13.1. The third-order valence-corrected chi connectivity index (χ3v) is 20.4. The van der Waals surface area contributed by atoms with Gasteiger partial charge in [0.05, 0.1) is 39.9 Å². The van der Waals surface area contributed by atoms with Crippen LogP contribution in [0.3, 0.4) is 0 Å². The normalized spacial score (nSPS) is 13.5. The number of carbonyl (C=O) groups is 1. The van der Waals surface area contributed by atoms with Gasteiger partial charge in [0.15, 0.2) is 0 Å². The highest BCUT2D eigenvalue weighted by Crippen LogP contribution is 2.38. The lowest BCUT2D eigenvalue weighted by molar-refractivity contribution is -0.870. The first-order chi connectivity index (χ1) is 44.5. The van der Waals surface area contributed by atoms with Crippen LogP contribution in [-0.2, 0) is 18.4 Å². The summed E-state index contributed by atoms with van der Waals surface area (Å²) in [6.45, 7) is 4.79. The molecule has 9 heteroatoms. The van der Waals surface area contributed by atoms with E-state index in [0.717, 1.165) is 44.9 Å². The molecule has 0 heterocycles. The second kappa shape index (κ2) is 73.2. The van der Waals surface area contributed by atoms with Crippen LogP contribution in [0.15, 0.2) is 24.3 Å². The zero-order chi connectivity index (χ0) is 66.2. The van der Waals surface area contributed by atoms with Crippen LogP contribution in [-0.4, -0.2) is 68.5 Å². The van der Waals surface area contributed by atoms with Crippen molar-refractivity contribution < 1.29 is 32.9 Å². The molecule has 0 bridgehead atoms. The minimum Gasteiger partial charge on any atom is -0.756 e. The van der Waals surface area contributed by atoms with Gasteiger partial charge in [0.1, 0.15) is 13.2 Å². The highest BCUT2D eigenvalue weighted by molar-refractivity contribution is 7.45. The number of carbonyl (C=O) groups excluding carboxylic acids is 1. The summed E-state index contributed by atoms with van der Waals surface area (Å²) in [6.07, 6.45) is 97.4. The maximum Gasteiger partial charge on any atom is 0.268 e. The molecule has 0 radical (unpaired) electrons. The molecule has 0 saturated carbocycles. The first kappa shape index (κ1) is 90.0. The van der Waals surface area contributed by atoms with Crippen molar-refractivity contribution in [1.82, 2.24) is 5.32 Å². The van der Waals surface area contributed by atoms with Crippen LogP contribution in [0.2, 0.25) is 0 Å². The highest BCUT2D eigenvalue weighted by Gasteiger charge is 2.24. The number of amides is 1. The Bertz CT molecular complexity index is 1530. The molecule has 0 saturated heterocycles. The van der Waals surface area contributed by atoms with Crippen molar-refractivity contribution in [3.8, 4) is 0 Å². The van der Waals surface area contributed by atoms with E-state index >= 15 is 0 Å². The molecule has 0 aromatic heterocycles. The quantitative estimate of drug-likeness (QED) is 0.0272. The summed E-state index contributed by atoms with van der Waals surface area (Å²) >= 11 is 0. The van der Waals surface area contributed by atoms with Crippen molar-refractivity contribution in [3.05, 3.63) is 24.3 Å². The average Bonchev–Trinajstić information content (AvgIpc) is 3.42. The second-order valence-electron chi connectivity index (χ2n) is 29.8. The molecule has 0 aliphatic carbocycles. The number of quaternary nitrogens is 1. The SMILES string of the molecule is CCCCCCC/C=C\C/C=C\CCCCCCCCCCCCCCCCCCCCCCCCCCCC(=O)NC(COP(=O)([O-])OCC[N+](C)(C)C)C(O)CCCCCCCCCCCCCCCCCCCCCCCCCCCCCCCCCC. The van der Waals surface area contributed by atoms with E-state index in [9.17, 15) is 19.4 Å². The Labute approximate surface area is 570 Å². The van der Waals surface area contributed by atoms with E-state index in [-0.39, 0.29) is 19.1 Å². The molecule has 0 rings (SSSR count). The van der Waals surface area contributed by atoms with Crippen LogP contribution in [0.4, 0.5) is 0 Å². The van der Waals surface area contributed by atoms with E-state index in [0.29, 0.717) is 23.9 Å². The maximum absolute atomic E-state index is 13.1. The van der Waals surface area contributed by atoms with E-state index in [1.165, 1.54) is 372 Å². The Morgan fingerprint density at radius 1 is 0.385 bits per heavy atom. The van der Waals surface area contributed by atoms with Gasteiger partial charge in [-0.25, -0.2) is 0 Å². The molecular weight excluding hydrogens is 1140 g/mol. The van der Waals surface area contributed by atoms with Crippen molar-refractivity contribution >= 4 is 13.7 Å². The van der Waals surface area contributed by atoms with Crippen LogP contribution in [0.5, 0.6) is 0 Å². The predicted octanol–water partition coefficient (Wildman–Crippen LogP) is 26.3. The summed E-state index contributed by atoms with van der Waals surface area (Å²) in [7, 11) is 1.33. The van der Waals surface area contributed by atoms with Crippen molar-refractivity contribution in [1.29, 1.82) is 0 Å². The highest BCUT2D eigenvalue weighted by atomic mass is 31.2. The lowest BCUT2D eigenvalue weighted by atomic mass is 10.0. The number of aliphatic hydroxyl groups excluding tert-OH is 1. The standard InChI is InChI=1S/C82H163N2O6P/c1-6-8-10-12-14-16-18-20-22-24-26-28-30-32-34-36-38-40-41-42-43-44-46-48-50-52-54-56-58-60-62-64-66-68-70-72-74-76-82(86)83-80(79-90-91(87,88)89-78-77-84(3,4)5)81(85)75-73-71-69-67-65-63-61-59-57-55-53-51-49-47-45-39-37-35-33-31-29-27-25-23-21-19-17-15-13-11-9-7-2/h18,20,24,26,80-81,85H,6-17,19,21-23,25,27-79H2,1-5H3,(H-,83,86,87,88)/b20-18-,26-24-. The van der Waals surface area contributed by atoms with E-state index in [1.807, 2.05) is 21.1 Å². The Balaban J connectivity index is 3.89. The fraction of sp³-hybridized carbons (Fsp3) is 0.939. The predicted molar refractivity (Wildman–Crippen MR) is 399 cm³/mol. The van der Waals surface area contributed by atoms with Crippen molar-refractivity contribution in [2.75, 3.05) is 40.9 Å². The number of nitrogens with one attached hydrogen (secondary N) is 1. The molecule has 0 fully saturated rings. The van der Waals surface area contributed by atoms with E-state index < -0.39 is 20.0 Å². The molecule has 8 nitrogen and oxygen atoms in total. The van der Waals surface area contributed by atoms with Gasteiger partial charge >= 0.3 is 0 Å². The van der Waals surface area contributed by atoms with Gasteiger partial charge in [0.25, 0.3) is 7.82 Å². The molecule has 542 valence electrons. The molecule has 2 N–H and O–H groups in total. The average molecular weight is 1300 g/mol. The minimum absolute atomic E-state index is 0.0158. The lowest BCUT2D eigenvalue weighted by Gasteiger charge is -2.30. The van der Waals surface area contributed by atoms with Gasteiger partial charge in [-0.15, -0.1) is 0 Å². The van der Waals surface area contributed by atoms with Gasteiger partial charge in [-0.1, -0.05) is 417 Å². The number of phosphoric ester groups is 1. The number of allylic oxidation sites excluding steroid dienone is 4. The second-order valence-corrected chi connectivity index (χ2v) is 31.3. The zero-order valence-electron chi connectivity index (χ0n) is 62.3. The number of phosphoric acid groups is 1. The van der Waals surface area contributed by atoms with Gasteiger partial charge in [0.2, 0.25) is 5.91 Å². The fourth-order valence-electron chi connectivity index (χ4n) is 13.1. The first-order valence-electron chi connectivity index (χ1n) is 41.2. The largest absolute Gasteiger partial charge is 0.756 e. The van der Waals surface area contributed by atoms with Crippen LogP contribution < -0.4 is 10.2 Å². The number of aliphatic hydroxyl groups is 1. The third-order valence-electron chi connectivity index (χ3n) is 19.4. The van der Waals surface area contributed by atoms with Crippen LogP contribution >= 0.6 is 7.82 Å². The summed E-state index contributed by atoms with van der Waals surface area (Å²) in [5.74, 6) is -0.153. The summed E-state index contributed by atoms with van der Waals surface area (Å²) < 4.78 is 23.6. The van der Waals surface area contributed by atoms with E-state index in [4.69, 9.17) is 9.05 Å². The Morgan fingerprint density at radius 3 is 0.912 bits per heavy atom. The molecule has 3 unspecified atom stereocenters. The first-order valence-corrected chi connectivity index (χ1v) is 42.6. The number of hydrogen-bond acceptors (Lipinski definition) is 6. The smallest absolute Gasteiger partial charge is 0.268 e.